The van der Waals surface area contributed by atoms with E-state index in [1.807, 2.05) is 13.8 Å². The molecule has 0 spiro atoms. The summed E-state index contributed by atoms with van der Waals surface area (Å²) in [5.74, 6) is -2.66. The predicted octanol–water partition coefficient (Wildman–Crippen LogP) is 2.05. The fraction of sp³-hybridized carbons (Fsp3) is 0.375. The van der Waals surface area contributed by atoms with Crippen LogP contribution in [-0.2, 0) is 14.3 Å². The monoisotopic (exact) mass is 386 g/mol. The van der Waals surface area contributed by atoms with Crippen molar-refractivity contribution in [3.63, 3.8) is 0 Å². The average molecular weight is 387 g/mol. The molecule has 1 heterocycles. The molecule has 3 amide bonds. The molecule has 9 heteroatoms. The third-order valence-corrected chi connectivity index (χ3v) is 4.40. The van der Waals surface area contributed by atoms with Crippen LogP contribution in [0.1, 0.15) is 41.0 Å². The second-order valence-electron chi connectivity index (χ2n) is 5.55. The van der Waals surface area contributed by atoms with Gasteiger partial charge in [-0.2, -0.15) is 0 Å². The predicted molar refractivity (Wildman–Crippen MR) is 90.7 cm³/mol. The lowest BCUT2D eigenvalue weighted by atomic mass is 10.1. The molecule has 0 fully saturated rings. The molecule has 7 nitrogen and oxygen atoms in total. The Morgan fingerprint density at radius 3 is 2.16 bits per heavy atom. The average Bonchev–Trinajstić information content (AvgIpc) is 2.78. The molecule has 1 N–H and O–H groups in total. The van der Waals surface area contributed by atoms with Gasteiger partial charge in [0.1, 0.15) is 6.54 Å². The molecular weight excluding hydrogens is 371 g/mol. The van der Waals surface area contributed by atoms with E-state index in [0.717, 1.165) is 11.3 Å². The van der Waals surface area contributed by atoms with E-state index < -0.39 is 36.8 Å². The second-order valence-corrected chi connectivity index (χ2v) is 6.36. The molecule has 1 aromatic rings. The van der Waals surface area contributed by atoms with Crippen LogP contribution in [0.2, 0.25) is 10.0 Å². The van der Waals surface area contributed by atoms with Gasteiger partial charge >= 0.3 is 5.97 Å². The fourth-order valence-electron chi connectivity index (χ4n) is 2.17. The van der Waals surface area contributed by atoms with Gasteiger partial charge < -0.3 is 10.1 Å². The van der Waals surface area contributed by atoms with Crippen LogP contribution in [0.3, 0.4) is 0 Å². The number of nitrogens with zero attached hydrogens (tertiary/aromatic N) is 1. The summed E-state index contributed by atoms with van der Waals surface area (Å²) in [7, 11) is 0. The highest BCUT2D eigenvalue weighted by Crippen LogP contribution is 2.31. The summed E-state index contributed by atoms with van der Waals surface area (Å²) in [4.78, 5) is 48.6. The number of amides is 3. The van der Waals surface area contributed by atoms with E-state index in [1.54, 1.807) is 0 Å². The summed E-state index contributed by atoms with van der Waals surface area (Å²) in [6.45, 7) is 2.63. The number of benzene rings is 1. The molecule has 1 aromatic carbocycles. The molecule has 1 atom stereocenters. The third kappa shape index (κ3) is 4.29. The van der Waals surface area contributed by atoms with Crippen molar-refractivity contribution in [2.24, 2.45) is 0 Å². The van der Waals surface area contributed by atoms with Crippen LogP contribution in [0.5, 0.6) is 0 Å². The number of rotatable bonds is 6. The molecule has 0 unspecified atom stereocenters. The minimum Gasteiger partial charge on any atom is -0.454 e. The zero-order valence-electron chi connectivity index (χ0n) is 13.6. The Kier molecular flexibility index (Phi) is 6.02. The van der Waals surface area contributed by atoms with Crippen molar-refractivity contribution < 1.29 is 23.9 Å². The van der Waals surface area contributed by atoms with Gasteiger partial charge in [0.05, 0.1) is 21.2 Å². The van der Waals surface area contributed by atoms with Gasteiger partial charge in [0.15, 0.2) is 6.61 Å². The van der Waals surface area contributed by atoms with Gasteiger partial charge in [-0.1, -0.05) is 30.1 Å². The van der Waals surface area contributed by atoms with Crippen LogP contribution in [0.15, 0.2) is 12.1 Å². The minimum atomic E-state index is -0.869. The Bertz CT molecular complexity index is 709. The van der Waals surface area contributed by atoms with Crippen LogP contribution in [0.4, 0.5) is 0 Å². The number of halogens is 2. The van der Waals surface area contributed by atoms with Crippen molar-refractivity contribution >= 4 is 46.9 Å². The van der Waals surface area contributed by atoms with Crippen molar-refractivity contribution in [1.29, 1.82) is 0 Å². The summed E-state index contributed by atoms with van der Waals surface area (Å²) < 4.78 is 4.80. The molecule has 2 rings (SSSR count). The van der Waals surface area contributed by atoms with Crippen LogP contribution >= 0.6 is 23.2 Å². The number of carbonyl (C=O) groups is 4. The molecule has 0 saturated heterocycles. The molecule has 1 aliphatic heterocycles. The molecule has 1 aliphatic rings. The molecule has 25 heavy (non-hydrogen) atoms. The smallest absolute Gasteiger partial charge is 0.326 e. The van der Waals surface area contributed by atoms with Crippen molar-refractivity contribution in [3.05, 3.63) is 33.3 Å². The summed E-state index contributed by atoms with van der Waals surface area (Å²) in [6.07, 6.45) is 0.736. The summed E-state index contributed by atoms with van der Waals surface area (Å²) in [5, 5.41) is 2.89. The highest BCUT2D eigenvalue weighted by Gasteiger charge is 2.37. The van der Waals surface area contributed by atoms with Gasteiger partial charge in [0, 0.05) is 6.04 Å². The van der Waals surface area contributed by atoms with Crippen molar-refractivity contribution in [2.75, 3.05) is 13.2 Å². The summed E-state index contributed by atoms with van der Waals surface area (Å²) in [5.41, 5.74) is 0.142. The van der Waals surface area contributed by atoms with Gasteiger partial charge in [0.25, 0.3) is 17.7 Å². The SMILES string of the molecule is CC[C@H](C)NC(=O)COC(=O)CN1C(=O)c2cc(Cl)c(Cl)cc2C1=O. The number of fused-ring (bicyclic) bond motifs is 1. The van der Waals surface area contributed by atoms with E-state index in [-0.39, 0.29) is 27.2 Å². The molecule has 0 bridgehead atoms. The summed E-state index contributed by atoms with van der Waals surface area (Å²) in [6, 6.07) is 2.52. The lowest BCUT2D eigenvalue weighted by Crippen LogP contribution is -2.38. The normalized spacial score (nSPS) is 14.3. The maximum atomic E-state index is 12.2. The van der Waals surface area contributed by atoms with E-state index in [4.69, 9.17) is 27.9 Å². The number of ether oxygens (including phenoxy) is 1. The topological polar surface area (TPSA) is 92.8 Å². The molecule has 134 valence electrons. The first kappa shape index (κ1) is 19.2. The number of nitrogens with one attached hydrogen (secondary N) is 1. The first-order valence-corrected chi connectivity index (χ1v) is 8.30. The van der Waals surface area contributed by atoms with Crippen LogP contribution < -0.4 is 5.32 Å². The highest BCUT2D eigenvalue weighted by molar-refractivity contribution is 6.43. The Hall–Kier alpha value is -2.12. The van der Waals surface area contributed by atoms with Crippen molar-refractivity contribution in [2.45, 2.75) is 26.3 Å². The lowest BCUT2D eigenvalue weighted by Gasteiger charge is -2.14. The van der Waals surface area contributed by atoms with Crippen LogP contribution in [0, 0.1) is 0 Å². The van der Waals surface area contributed by atoms with Gasteiger partial charge in [-0.3, -0.25) is 24.1 Å². The van der Waals surface area contributed by atoms with E-state index in [1.165, 1.54) is 12.1 Å². The van der Waals surface area contributed by atoms with Gasteiger partial charge in [-0.05, 0) is 25.5 Å². The Balaban J connectivity index is 1.97. The van der Waals surface area contributed by atoms with Gasteiger partial charge in [-0.25, -0.2) is 0 Å². The lowest BCUT2D eigenvalue weighted by molar-refractivity contribution is -0.148. The number of imide groups is 1. The molecule has 0 aliphatic carbocycles. The van der Waals surface area contributed by atoms with E-state index >= 15 is 0 Å². The van der Waals surface area contributed by atoms with Gasteiger partial charge in [-0.15, -0.1) is 0 Å². The fourth-order valence-corrected chi connectivity index (χ4v) is 2.49. The highest BCUT2D eigenvalue weighted by atomic mass is 35.5. The zero-order valence-corrected chi connectivity index (χ0v) is 15.1. The van der Waals surface area contributed by atoms with E-state index in [0.29, 0.717) is 0 Å². The van der Waals surface area contributed by atoms with Crippen LogP contribution in [0.25, 0.3) is 0 Å². The van der Waals surface area contributed by atoms with Gasteiger partial charge in [0.2, 0.25) is 0 Å². The third-order valence-electron chi connectivity index (χ3n) is 3.68. The Morgan fingerprint density at radius 2 is 1.68 bits per heavy atom. The van der Waals surface area contributed by atoms with Crippen molar-refractivity contribution in [3.8, 4) is 0 Å². The quantitative estimate of drug-likeness (QED) is 0.596. The maximum Gasteiger partial charge on any atom is 0.326 e. The molecular formula is C16H16Cl2N2O5. The molecule has 0 aromatic heterocycles. The minimum absolute atomic E-state index is 0.0445. The van der Waals surface area contributed by atoms with Crippen LogP contribution in [-0.4, -0.2) is 47.8 Å². The Morgan fingerprint density at radius 1 is 1.16 bits per heavy atom. The zero-order chi connectivity index (χ0) is 18.7. The first-order chi connectivity index (χ1) is 11.7. The second kappa shape index (κ2) is 7.84. The largest absolute Gasteiger partial charge is 0.454 e. The molecule has 0 radical (unpaired) electrons. The number of esters is 1. The van der Waals surface area contributed by atoms with Crippen molar-refractivity contribution in [1.82, 2.24) is 10.2 Å². The standard InChI is InChI=1S/C16H16Cl2N2O5/c1-3-8(2)19-13(21)7-25-14(22)6-20-15(23)9-4-11(17)12(18)5-10(9)16(20)24/h4-5,8H,3,6-7H2,1-2H3,(H,19,21)/t8-/m0/s1. The summed E-state index contributed by atoms with van der Waals surface area (Å²) >= 11 is 11.7. The van der Waals surface area contributed by atoms with E-state index in [9.17, 15) is 19.2 Å². The number of hydrogen-bond acceptors (Lipinski definition) is 5. The number of hydrogen-bond donors (Lipinski definition) is 1. The number of carbonyl (C=O) groups excluding carboxylic acids is 4. The first-order valence-electron chi connectivity index (χ1n) is 7.54. The van der Waals surface area contributed by atoms with E-state index in [2.05, 4.69) is 5.32 Å². The molecule has 0 saturated carbocycles. The Labute approximate surface area is 154 Å². The maximum absolute atomic E-state index is 12.2.